The van der Waals surface area contributed by atoms with Gasteiger partial charge < -0.3 is 10.2 Å². The van der Waals surface area contributed by atoms with Gasteiger partial charge in [0.25, 0.3) is 5.91 Å². The number of carbonyl (C=O) groups is 2. The molecule has 1 saturated heterocycles. The van der Waals surface area contributed by atoms with Gasteiger partial charge in [-0.3, -0.25) is 9.59 Å². The van der Waals surface area contributed by atoms with Crippen LogP contribution in [0.25, 0.3) is 0 Å². The van der Waals surface area contributed by atoms with Crippen LogP contribution in [0.3, 0.4) is 0 Å². The third-order valence-corrected chi connectivity index (χ3v) is 4.85. The smallest absolute Gasteiger partial charge is 0.251 e. The molecule has 1 saturated carbocycles. The van der Waals surface area contributed by atoms with Crippen LogP contribution in [0.4, 0.5) is 0 Å². The van der Waals surface area contributed by atoms with Crippen LogP contribution in [-0.2, 0) is 4.79 Å². The molecule has 0 spiro atoms. The van der Waals surface area contributed by atoms with E-state index < -0.39 is 0 Å². The molecule has 1 heterocycles. The summed E-state index contributed by atoms with van der Waals surface area (Å²) in [6.45, 7) is 1.77. The minimum Gasteiger partial charge on any atom is -0.349 e. The van der Waals surface area contributed by atoms with E-state index in [0.29, 0.717) is 5.56 Å². The van der Waals surface area contributed by atoms with E-state index in [0.717, 1.165) is 51.6 Å². The topological polar surface area (TPSA) is 49.4 Å². The lowest BCUT2D eigenvalue weighted by Crippen LogP contribution is -2.49. The first kappa shape index (κ1) is 15.1. The number of hydrogen-bond acceptors (Lipinski definition) is 2. The van der Waals surface area contributed by atoms with E-state index >= 15 is 0 Å². The molecule has 1 aromatic carbocycles. The van der Waals surface area contributed by atoms with Gasteiger partial charge in [0.05, 0.1) is 5.92 Å². The Balaban J connectivity index is 1.67. The summed E-state index contributed by atoms with van der Waals surface area (Å²) in [7, 11) is 0. The Morgan fingerprint density at radius 3 is 2.36 bits per heavy atom. The maximum Gasteiger partial charge on any atom is 0.251 e. The van der Waals surface area contributed by atoms with Gasteiger partial charge in [-0.05, 0) is 37.8 Å². The standard InChI is InChI=1S/C18H24N2O2/c21-17(14-8-2-1-3-9-14)19-16-11-5-4-10-15(16)18(22)20-12-6-7-13-20/h1-3,8-9,15-16H,4-7,10-13H2,(H,19,21)/t15-,16+/m1/s1. The molecule has 22 heavy (non-hydrogen) atoms. The van der Waals surface area contributed by atoms with Crippen LogP contribution in [0.15, 0.2) is 30.3 Å². The molecule has 2 fully saturated rings. The van der Waals surface area contributed by atoms with Crippen LogP contribution in [0.2, 0.25) is 0 Å². The highest BCUT2D eigenvalue weighted by atomic mass is 16.2. The fourth-order valence-corrected chi connectivity index (χ4v) is 3.61. The van der Waals surface area contributed by atoms with Crippen molar-refractivity contribution in [2.75, 3.05) is 13.1 Å². The van der Waals surface area contributed by atoms with E-state index in [9.17, 15) is 9.59 Å². The van der Waals surface area contributed by atoms with Crippen LogP contribution in [-0.4, -0.2) is 35.8 Å². The molecule has 1 N–H and O–H groups in total. The van der Waals surface area contributed by atoms with Gasteiger partial charge >= 0.3 is 0 Å². The lowest BCUT2D eigenvalue weighted by atomic mass is 9.83. The number of amides is 2. The molecule has 118 valence electrons. The van der Waals surface area contributed by atoms with Crippen molar-refractivity contribution in [1.82, 2.24) is 10.2 Å². The van der Waals surface area contributed by atoms with Crippen LogP contribution in [0.1, 0.15) is 48.9 Å². The van der Waals surface area contributed by atoms with Crippen molar-refractivity contribution in [3.8, 4) is 0 Å². The van der Waals surface area contributed by atoms with Gasteiger partial charge in [-0.1, -0.05) is 31.0 Å². The first-order valence-corrected chi connectivity index (χ1v) is 8.40. The molecule has 4 nitrogen and oxygen atoms in total. The minimum absolute atomic E-state index is 0.0189. The molecular formula is C18H24N2O2. The second kappa shape index (κ2) is 6.95. The van der Waals surface area contributed by atoms with Crippen molar-refractivity contribution >= 4 is 11.8 Å². The Morgan fingerprint density at radius 2 is 1.64 bits per heavy atom. The Labute approximate surface area is 131 Å². The Kier molecular flexibility index (Phi) is 4.76. The average molecular weight is 300 g/mol. The van der Waals surface area contributed by atoms with Gasteiger partial charge in [0.2, 0.25) is 5.91 Å². The monoisotopic (exact) mass is 300 g/mol. The highest BCUT2D eigenvalue weighted by molar-refractivity contribution is 5.94. The molecule has 0 radical (unpaired) electrons. The highest BCUT2D eigenvalue weighted by Crippen LogP contribution is 2.27. The summed E-state index contributed by atoms with van der Waals surface area (Å²) in [4.78, 5) is 27.1. The minimum atomic E-state index is -0.0632. The molecule has 4 heteroatoms. The second-order valence-corrected chi connectivity index (χ2v) is 6.37. The van der Waals surface area contributed by atoms with Gasteiger partial charge in [-0.15, -0.1) is 0 Å². The van der Waals surface area contributed by atoms with Crippen LogP contribution < -0.4 is 5.32 Å². The van der Waals surface area contributed by atoms with E-state index in [1.807, 2.05) is 35.2 Å². The number of nitrogens with one attached hydrogen (secondary N) is 1. The summed E-state index contributed by atoms with van der Waals surface area (Å²) in [5.74, 6) is 0.141. The quantitative estimate of drug-likeness (QED) is 0.933. The normalized spacial score (nSPS) is 25.0. The Morgan fingerprint density at radius 1 is 0.955 bits per heavy atom. The first-order chi connectivity index (χ1) is 10.8. The third-order valence-electron chi connectivity index (χ3n) is 4.85. The molecule has 2 amide bonds. The van der Waals surface area contributed by atoms with Crippen molar-refractivity contribution in [2.24, 2.45) is 5.92 Å². The summed E-state index contributed by atoms with van der Waals surface area (Å²) in [6, 6.07) is 9.24. The van der Waals surface area contributed by atoms with E-state index in [-0.39, 0.29) is 23.8 Å². The largest absolute Gasteiger partial charge is 0.349 e. The number of benzene rings is 1. The van der Waals surface area contributed by atoms with Crippen molar-refractivity contribution in [1.29, 1.82) is 0 Å². The van der Waals surface area contributed by atoms with Crippen molar-refractivity contribution < 1.29 is 9.59 Å². The molecular weight excluding hydrogens is 276 g/mol. The van der Waals surface area contributed by atoms with E-state index in [1.165, 1.54) is 0 Å². The Bertz CT molecular complexity index is 523. The summed E-state index contributed by atoms with van der Waals surface area (Å²) in [6.07, 6.45) is 6.20. The van der Waals surface area contributed by atoms with Crippen LogP contribution in [0, 0.1) is 5.92 Å². The average Bonchev–Trinajstić information content (AvgIpc) is 3.10. The van der Waals surface area contributed by atoms with Crippen LogP contribution >= 0.6 is 0 Å². The summed E-state index contributed by atoms with van der Waals surface area (Å²) in [5, 5.41) is 3.10. The molecule has 0 unspecified atom stereocenters. The van der Waals surface area contributed by atoms with Crippen molar-refractivity contribution in [2.45, 2.75) is 44.6 Å². The zero-order chi connectivity index (χ0) is 15.4. The summed E-state index contributed by atoms with van der Waals surface area (Å²) < 4.78 is 0. The van der Waals surface area contributed by atoms with Gasteiger partial charge in [0.15, 0.2) is 0 Å². The predicted octanol–water partition coefficient (Wildman–Crippen LogP) is 2.60. The number of nitrogens with zero attached hydrogens (tertiary/aromatic N) is 1. The summed E-state index contributed by atoms with van der Waals surface area (Å²) in [5.41, 5.74) is 0.667. The Hall–Kier alpha value is -1.84. The molecule has 2 aliphatic rings. The molecule has 1 aliphatic heterocycles. The first-order valence-electron chi connectivity index (χ1n) is 8.40. The zero-order valence-corrected chi connectivity index (χ0v) is 13.0. The number of rotatable bonds is 3. The maximum absolute atomic E-state index is 12.7. The lowest BCUT2D eigenvalue weighted by molar-refractivity contribution is -0.136. The molecule has 3 rings (SSSR count). The SMILES string of the molecule is O=C(N[C@H]1CCCC[C@H]1C(=O)N1CCCC1)c1ccccc1. The molecule has 0 bridgehead atoms. The fraction of sp³-hybridized carbons (Fsp3) is 0.556. The zero-order valence-electron chi connectivity index (χ0n) is 13.0. The van der Waals surface area contributed by atoms with E-state index in [2.05, 4.69) is 5.32 Å². The molecule has 1 aromatic rings. The molecule has 2 atom stereocenters. The van der Waals surface area contributed by atoms with Crippen LogP contribution in [0.5, 0.6) is 0 Å². The van der Waals surface area contributed by atoms with E-state index in [4.69, 9.17) is 0 Å². The van der Waals surface area contributed by atoms with Gasteiger partial charge in [-0.2, -0.15) is 0 Å². The van der Waals surface area contributed by atoms with E-state index in [1.54, 1.807) is 0 Å². The number of likely N-dealkylation sites (tertiary alicyclic amines) is 1. The van der Waals surface area contributed by atoms with Gasteiger partial charge in [-0.25, -0.2) is 0 Å². The van der Waals surface area contributed by atoms with Crippen molar-refractivity contribution in [3.63, 3.8) is 0 Å². The molecule has 0 aromatic heterocycles. The molecule has 1 aliphatic carbocycles. The van der Waals surface area contributed by atoms with Gasteiger partial charge in [0, 0.05) is 24.7 Å². The second-order valence-electron chi connectivity index (χ2n) is 6.37. The van der Waals surface area contributed by atoms with Gasteiger partial charge in [0.1, 0.15) is 0 Å². The maximum atomic E-state index is 12.7. The fourth-order valence-electron chi connectivity index (χ4n) is 3.61. The van der Waals surface area contributed by atoms with Crippen molar-refractivity contribution in [3.05, 3.63) is 35.9 Å². The predicted molar refractivity (Wildman–Crippen MR) is 85.5 cm³/mol. The number of carbonyl (C=O) groups excluding carboxylic acids is 2. The summed E-state index contributed by atoms with van der Waals surface area (Å²) >= 11 is 0. The highest BCUT2D eigenvalue weighted by Gasteiger charge is 2.35. The third kappa shape index (κ3) is 3.32. The number of hydrogen-bond donors (Lipinski definition) is 1. The lowest BCUT2D eigenvalue weighted by Gasteiger charge is -2.33.